The molecule has 0 heterocycles. The van der Waals surface area contributed by atoms with Gasteiger partial charge in [-0.1, -0.05) is 17.7 Å². The Kier molecular flexibility index (Phi) is 3.07. The molecule has 0 atom stereocenters. The number of aliphatic hydroxyl groups excluding tert-OH is 1. The topological polar surface area (TPSA) is 108 Å². The maximum Gasteiger partial charge on any atom is 0.271 e. The molecule has 1 aromatic carbocycles. The summed E-state index contributed by atoms with van der Waals surface area (Å²) in [7, 11) is 0. The molecule has 0 unspecified atom stereocenters. The monoisotopic (exact) mass is 197 g/mol. The zero-order valence-electron chi connectivity index (χ0n) is 8.03. The summed E-state index contributed by atoms with van der Waals surface area (Å²) < 4.78 is 5.05. The van der Waals surface area contributed by atoms with Crippen molar-refractivity contribution in [1.29, 1.82) is 0 Å². The van der Waals surface area contributed by atoms with E-state index in [2.05, 4.69) is 0 Å². The summed E-state index contributed by atoms with van der Waals surface area (Å²) in [5.41, 5.74) is 17.5. The molecule has 0 spiro atoms. The molecule has 0 bridgehead atoms. The second kappa shape index (κ2) is 3.93. The summed E-state index contributed by atoms with van der Waals surface area (Å²) in [6.07, 6.45) is 0. The molecule has 0 amide bonds. The van der Waals surface area contributed by atoms with Crippen molar-refractivity contribution in [3.63, 3.8) is 0 Å². The lowest BCUT2D eigenvalue weighted by molar-refractivity contribution is 0.0868. The first kappa shape index (κ1) is 10.9. The minimum Gasteiger partial charge on any atom is -0.446 e. The molecule has 0 fully saturated rings. The van der Waals surface area contributed by atoms with Crippen molar-refractivity contribution >= 4 is 0 Å². The lowest BCUT2D eigenvalue weighted by Crippen LogP contribution is -2.62. The average Bonchev–Trinajstić information content (AvgIpc) is 2.06. The van der Waals surface area contributed by atoms with Crippen LogP contribution in [0.4, 0.5) is 0 Å². The normalized spacial score (nSPS) is 11.5. The maximum absolute atomic E-state index is 9.04. The standard InChI is InChI=1S/C9H15N3O2/c1-6-2-3-8(7(4-6)5-13)14-9(10,11)12/h2-4,13H,5,10-12H2,1H3. The van der Waals surface area contributed by atoms with Crippen molar-refractivity contribution in [3.05, 3.63) is 29.3 Å². The average molecular weight is 197 g/mol. The van der Waals surface area contributed by atoms with E-state index in [0.717, 1.165) is 5.56 Å². The Balaban J connectivity index is 2.97. The molecule has 0 aliphatic rings. The molecule has 0 aliphatic carbocycles. The summed E-state index contributed by atoms with van der Waals surface area (Å²) in [5.74, 6) is -1.33. The highest BCUT2D eigenvalue weighted by atomic mass is 16.5. The summed E-state index contributed by atoms with van der Waals surface area (Å²) in [5, 5.41) is 9.04. The summed E-state index contributed by atoms with van der Waals surface area (Å²) in [6, 6.07) is 5.27. The van der Waals surface area contributed by atoms with Crippen molar-refractivity contribution in [2.45, 2.75) is 19.5 Å². The number of rotatable bonds is 3. The highest BCUT2D eigenvalue weighted by Gasteiger charge is 2.15. The van der Waals surface area contributed by atoms with Crippen molar-refractivity contribution in [2.75, 3.05) is 0 Å². The number of benzene rings is 1. The fourth-order valence-electron chi connectivity index (χ4n) is 1.12. The van der Waals surface area contributed by atoms with Gasteiger partial charge in [-0.15, -0.1) is 0 Å². The largest absolute Gasteiger partial charge is 0.446 e. The Labute approximate surface area is 82.5 Å². The Morgan fingerprint density at radius 2 is 2.00 bits per heavy atom. The van der Waals surface area contributed by atoms with E-state index >= 15 is 0 Å². The van der Waals surface area contributed by atoms with Crippen molar-refractivity contribution in [2.24, 2.45) is 17.2 Å². The molecule has 0 aliphatic heterocycles. The van der Waals surface area contributed by atoms with Crippen LogP contribution < -0.4 is 21.9 Å². The first-order chi connectivity index (χ1) is 6.42. The van der Waals surface area contributed by atoms with Crippen LogP contribution in [0.3, 0.4) is 0 Å². The van der Waals surface area contributed by atoms with Gasteiger partial charge in [-0.2, -0.15) is 0 Å². The Morgan fingerprint density at radius 3 is 2.50 bits per heavy atom. The van der Waals surface area contributed by atoms with Crippen molar-refractivity contribution < 1.29 is 9.84 Å². The molecule has 1 rings (SSSR count). The number of hydrogen-bond donors (Lipinski definition) is 4. The number of hydrogen-bond acceptors (Lipinski definition) is 5. The van der Waals surface area contributed by atoms with E-state index in [0.29, 0.717) is 11.3 Å². The molecule has 5 nitrogen and oxygen atoms in total. The molecule has 1 aromatic rings. The lowest BCUT2D eigenvalue weighted by Gasteiger charge is -2.21. The number of aliphatic hydroxyl groups is 1. The Hall–Kier alpha value is -1.14. The molecular weight excluding hydrogens is 182 g/mol. The van der Waals surface area contributed by atoms with E-state index in [-0.39, 0.29) is 6.61 Å². The summed E-state index contributed by atoms with van der Waals surface area (Å²) in [4.78, 5) is 0. The van der Waals surface area contributed by atoms with Crippen LogP contribution in [0.15, 0.2) is 18.2 Å². The first-order valence-corrected chi connectivity index (χ1v) is 4.18. The molecule has 0 saturated heterocycles. The van der Waals surface area contributed by atoms with Crippen molar-refractivity contribution in [3.8, 4) is 5.75 Å². The summed E-state index contributed by atoms with van der Waals surface area (Å²) >= 11 is 0. The van der Waals surface area contributed by atoms with Gasteiger partial charge in [0.2, 0.25) is 0 Å². The van der Waals surface area contributed by atoms with Crippen molar-refractivity contribution in [1.82, 2.24) is 0 Å². The minimum atomic E-state index is -1.72. The smallest absolute Gasteiger partial charge is 0.271 e. The fraction of sp³-hybridized carbons (Fsp3) is 0.333. The molecule has 0 radical (unpaired) electrons. The van der Waals surface area contributed by atoms with Gasteiger partial charge >= 0.3 is 0 Å². The second-order valence-electron chi connectivity index (χ2n) is 3.22. The zero-order valence-corrected chi connectivity index (χ0v) is 8.03. The Morgan fingerprint density at radius 1 is 1.36 bits per heavy atom. The summed E-state index contributed by atoms with van der Waals surface area (Å²) in [6.45, 7) is 1.76. The second-order valence-corrected chi connectivity index (χ2v) is 3.22. The molecule has 7 N–H and O–H groups in total. The molecule has 0 aromatic heterocycles. The van der Waals surface area contributed by atoms with E-state index in [1.54, 1.807) is 12.1 Å². The van der Waals surface area contributed by atoms with Gasteiger partial charge in [0, 0.05) is 5.56 Å². The SMILES string of the molecule is Cc1ccc(OC(N)(N)N)c(CO)c1. The number of ether oxygens (including phenoxy) is 1. The molecule has 14 heavy (non-hydrogen) atoms. The van der Waals surface area contributed by atoms with Crippen LogP contribution in [0, 0.1) is 6.92 Å². The third kappa shape index (κ3) is 2.97. The van der Waals surface area contributed by atoms with E-state index in [1.807, 2.05) is 13.0 Å². The van der Waals surface area contributed by atoms with Gasteiger partial charge in [0.25, 0.3) is 5.97 Å². The quantitative estimate of drug-likeness (QED) is 0.482. The van der Waals surface area contributed by atoms with Gasteiger partial charge in [-0.3, -0.25) is 17.2 Å². The van der Waals surface area contributed by atoms with Gasteiger partial charge in [0.05, 0.1) is 6.61 Å². The van der Waals surface area contributed by atoms with E-state index in [1.165, 1.54) is 0 Å². The lowest BCUT2D eigenvalue weighted by atomic mass is 10.1. The van der Waals surface area contributed by atoms with Crippen LogP contribution in [0.5, 0.6) is 5.75 Å². The van der Waals surface area contributed by atoms with Crippen LogP contribution in [-0.4, -0.2) is 11.1 Å². The van der Waals surface area contributed by atoms with Crippen LogP contribution >= 0.6 is 0 Å². The molecule has 78 valence electrons. The minimum absolute atomic E-state index is 0.146. The third-order valence-electron chi connectivity index (χ3n) is 1.67. The predicted molar refractivity (Wildman–Crippen MR) is 53.0 cm³/mol. The Bertz CT molecular complexity index is 320. The van der Waals surface area contributed by atoms with Gasteiger partial charge in [-0.05, 0) is 13.0 Å². The van der Waals surface area contributed by atoms with Crippen LogP contribution in [0.25, 0.3) is 0 Å². The molecule has 5 heteroatoms. The maximum atomic E-state index is 9.04. The highest BCUT2D eigenvalue weighted by Crippen LogP contribution is 2.20. The van der Waals surface area contributed by atoms with Gasteiger partial charge in [-0.25, -0.2) is 0 Å². The third-order valence-corrected chi connectivity index (χ3v) is 1.67. The fourth-order valence-corrected chi connectivity index (χ4v) is 1.12. The number of aryl methyl sites for hydroxylation is 1. The van der Waals surface area contributed by atoms with Crippen LogP contribution in [-0.2, 0) is 6.61 Å². The van der Waals surface area contributed by atoms with E-state index < -0.39 is 5.97 Å². The van der Waals surface area contributed by atoms with Gasteiger partial charge in [0.15, 0.2) is 0 Å². The van der Waals surface area contributed by atoms with Crippen LogP contribution in [0.2, 0.25) is 0 Å². The molecule has 0 saturated carbocycles. The molecular formula is C9H15N3O2. The first-order valence-electron chi connectivity index (χ1n) is 4.18. The predicted octanol–water partition coefficient (Wildman–Crippen LogP) is -0.646. The van der Waals surface area contributed by atoms with Gasteiger partial charge < -0.3 is 9.84 Å². The number of nitrogens with two attached hydrogens (primary N) is 3. The zero-order chi connectivity index (χ0) is 10.8. The highest BCUT2D eigenvalue weighted by molar-refractivity contribution is 5.36. The van der Waals surface area contributed by atoms with E-state index in [4.69, 9.17) is 27.0 Å². The van der Waals surface area contributed by atoms with Gasteiger partial charge in [0.1, 0.15) is 5.75 Å². The van der Waals surface area contributed by atoms with Crippen LogP contribution in [0.1, 0.15) is 11.1 Å². The van der Waals surface area contributed by atoms with E-state index in [9.17, 15) is 0 Å².